The molecule has 94 valence electrons. The number of hydrogen-bond acceptors (Lipinski definition) is 3. The highest BCUT2D eigenvalue weighted by molar-refractivity contribution is 5.53. The Kier molecular flexibility index (Phi) is 5.70. The van der Waals surface area contributed by atoms with Crippen LogP contribution in [0.2, 0.25) is 0 Å². The Morgan fingerprint density at radius 1 is 1.47 bits per heavy atom. The molecule has 3 nitrogen and oxygen atoms in total. The molecule has 0 aromatic carbocycles. The van der Waals surface area contributed by atoms with Crippen LogP contribution in [0.4, 0.5) is 5.69 Å². The van der Waals surface area contributed by atoms with Crippen LogP contribution in [-0.4, -0.2) is 24.6 Å². The number of nitrogens with one attached hydrogen (secondary N) is 1. The van der Waals surface area contributed by atoms with E-state index in [1.54, 1.807) is 0 Å². The summed E-state index contributed by atoms with van der Waals surface area (Å²) in [5.41, 5.74) is 3.68. The van der Waals surface area contributed by atoms with Crippen molar-refractivity contribution < 1.29 is 0 Å². The zero-order chi connectivity index (χ0) is 12.7. The Morgan fingerprint density at radius 3 is 2.82 bits per heavy atom. The largest absolute Gasteiger partial charge is 0.367 e. The number of pyridine rings is 1. The second-order valence-corrected chi connectivity index (χ2v) is 4.26. The minimum atomic E-state index is 0.867. The van der Waals surface area contributed by atoms with Crippen molar-refractivity contribution in [1.82, 2.24) is 10.3 Å². The van der Waals surface area contributed by atoms with Crippen LogP contribution in [0.5, 0.6) is 0 Å². The molecule has 0 fully saturated rings. The third kappa shape index (κ3) is 4.19. The van der Waals surface area contributed by atoms with E-state index in [1.807, 2.05) is 12.4 Å². The molecule has 1 aromatic heterocycles. The summed E-state index contributed by atoms with van der Waals surface area (Å²) in [6.45, 7) is 14.1. The Hall–Kier alpha value is -1.35. The molecule has 0 saturated carbocycles. The van der Waals surface area contributed by atoms with Crippen molar-refractivity contribution in [3.05, 3.63) is 36.2 Å². The fourth-order valence-electron chi connectivity index (χ4n) is 1.82. The number of hydrogen-bond donors (Lipinski definition) is 1. The number of aromatic nitrogens is 1. The topological polar surface area (TPSA) is 28.2 Å². The Morgan fingerprint density at radius 2 is 2.24 bits per heavy atom. The van der Waals surface area contributed by atoms with Gasteiger partial charge in [-0.05, 0) is 26.5 Å². The van der Waals surface area contributed by atoms with E-state index < -0.39 is 0 Å². The third-order valence-electron chi connectivity index (χ3n) is 2.63. The molecule has 1 N–H and O–H groups in total. The van der Waals surface area contributed by atoms with Crippen LogP contribution in [0, 0.1) is 0 Å². The molecule has 0 amide bonds. The summed E-state index contributed by atoms with van der Waals surface area (Å²) in [7, 11) is 0. The van der Waals surface area contributed by atoms with E-state index in [1.165, 1.54) is 16.8 Å². The Bertz CT molecular complexity index is 360. The molecule has 0 spiro atoms. The maximum absolute atomic E-state index is 4.20. The van der Waals surface area contributed by atoms with Gasteiger partial charge in [0.05, 0.1) is 0 Å². The molecule has 0 aliphatic heterocycles. The van der Waals surface area contributed by atoms with E-state index in [0.29, 0.717) is 0 Å². The van der Waals surface area contributed by atoms with Crippen LogP contribution in [0.15, 0.2) is 30.6 Å². The van der Waals surface area contributed by atoms with Crippen molar-refractivity contribution in [2.45, 2.75) is 27.3 Å². The predicted molar refractivity (Wildman–Crippen MR) is 74.3 cm³/mol. The van der Waals surface area contributed by atoms with Crippen molar-refractivity contribution in [2.75, 3.05) is 24.5 Å². The van der Waals surface area contributed by atoms with Gasteiger partial charge in [-0.1, -0.05) is 19.1 Å². The molecular formula is C14H23N3. The van der Waals surface area contributed by atoms with Gasteiger partial charge < -0.3 is 10.2 Å². The molecule has 0 bridgehead atoms. The van der Waals surface area contributed by atoms with Gasteiger partial charge in [-0.3, -0.25) is 4.98 Å². The van der Waals surface area contributed by atoms with Gasteiger partial charge in [-0.2, -0.15) is 0 Å². The predicted octanol–water partition coefficient (Wildman–Crippen LogP) is 2.59. The van der Waals surface area contributed by atoms with Gasteiger partial charge in [0.15, 0.2) is 0 Å². The van der Waals surface area contributed by atoms with Crippen LogP contribution < -0.4 is 10.2 Å². The van der Waals surface area contributed by atoms with E-state index in [0.717, 1.165) is 26.2 Å². The van der Waals surface area contributed by atoms with Crippen LogP contribution in [-0.2, 0) is 6.54 Å². The van der Waals surface area contributed by atoms with Crippen molar-refractivity contribution >= 4 is 5.69 Å². The summed E-state index contributed by atoms with van der Waals surface area (Å²) in [6.07, 6.45) is 3.80. The molecule has 3 heteroatoms. The van der Waals surface area contributed by atoms with E-state index in [4.69, 9.17) is 0 Å². The highest BCUT2D eigenvalue weighted by Crippen LogP contribution is 2.19. The molecule has 0 aliphatic rings. The summed E-state index contributed by atoms with van der Waals surface area (Å²) in [5.74, 6) is 0. The summed E-state index contributed by atoms with van der Waals surface area (Å²) in [4.78, 5) is 6.54. The quantitative estimate of drug-likeness (QED) is 0.734. The monoisotopic (exact) mass is 233 g/mol. The first kappa shape index (κ1) is 13.7. The minimum absolute atomic E-state index is 0.867. The Labute approximate surface area is 105 Å². The summed E-state index contributed by atoms with van der Waals surface area (Å²) < 4.78 is 0. The van der Waals surface area contributed by atoms with Crippen LogP contribution in [0.25, 0.3) is 0 Å². The van der Waals surface area contributed by atoms with Crippen molar-refractivity contribution in [3.63, 3.8) is 0 Å². The fourth-order valence-corrected chi connectivity index (χ4v) is 1.82. The molecule has 0 aliphatic carbocycles. The smallest absolute Gasteiger partial charge is 0.0445 e. The Balaban J connectivity index is 2.88. The highest BCUT2D eigenvalue weighted by Gasteiger charge is 2.09. The standard InChI is InChI=1S/C14H23N3/c1-5-15-9-13-10-16-8-7-14(13)17(6-2)11-12(3)4/h7-8,10,15H,3,5-6,9,11H2,1-2,4H3. The zero-order valence-electron chi connectivity index (χ0n) is 11.2. The van der Waals surface area contributed by atoms with E-state index in [9.17, 15) is 0 Å². The summed E-state index contributed by atoms with van der Waals surface area (Å²) in [5, 5.41) is 3.35. The lowest BCUT2D eigenvalue weighted by atomic mass is 10.2. The zero-order valence-corrected chi connectivity index (χ0v) is 11.2. The van der Waals surface area contributed by atoms with Gasteiger partial charge >= 0.3 is 0 Å². The van der Waals surface area contributed by atoms with Crippen LogP contribution in [0.3, 0.4) is 0 Å². The molecule has 0 unspecified atom stereocenters. The summed E-state index contributed by atoms with van der Waals surface area (Å²) >= 11 is 0. The number of anilines is 1. The molecule has 0 atom stereocenters. The van der Waals surface area contributed by atoms with E-state index >= 15 is 0 Å². The highest BCUT2D eigenvalue weighted by atomic mass is 15.1. The first-order valence-electron chi connectivity index (χ1n) is 6.22. The lowest BCUT2D eigenvalue weighted by molar-refractivity contribution is 0.719. The van der Waals surface area contributed by atoms with Gasteiger partial charge in [0.25, 0.3) is 0 Å². The fraction of sp³-hybridized carbons (Fsp3) is 0.500. The molecule has 0 saturated heterocycles. The molecule has 17 heavy (non-hydrogen) atoms. The molecule has 1 heterocycles. The summed E-state index contributed by atoms with van der Waals surface area (Å²) in [6, 6.07) is 2.08. The second kappa shape index (κ2) is 7.07. The lowest BCUT2D eigenvalue weighted by Crippen LogP contribution is -2.26. The second-order valence-electron chi connectivity index (χ2n) is 4.26. The SMILES string of the molecule is C=C(C)CN(CC)c1ccncc1CNCC. The van der Waals surface area contributed by atoms with Crippen LogP contribution >= 0.6 is 0 Å². The molecule has 1 rings (SSSR count). The van der Waals surface area contributed by atoms with Gasteiger partial charge in [-0.25, -0.2) is 0 Å². The first-order valence-corrected chi connectivity index (χ1v) is 6.22. The molecule has 0 radical (unpaired) electrons. The van der Waals surface area contributed by atoms with Crippen molar-refractivity contribution in [2.24, 2.45) is 0 Å². The van der Waals surface area contributed by atoms with Crippen molar-refractivity contribution in [1.29, 1.82) is 0 Å². The molecular weight excluding hydrogens is 210 g/mol. The first-order chi connectivity index (χ1) is 8.19. The average molecular weight is 233 g/mol. The van der Waals surface area contributed by atoms with E-state index in [-0.39, 0.29) is 0 Å². The van der Waals surface area contributed by atoms with E-state index in [2.05, 4.69) is 48.6 Å². The number of likely N-dealkylation sites (N-methyl/N-ethyl adjacent to an activating group) is 1. The lowest BCUT2D eigenvalue weighted by Gasteiger charge is -2.25. The minimum Gasteiger partial charge on any atom is -0.367 e. The molecule has 1 aromatic rings. The van der Waals surface area contributed by atoms with Gasteiger partial charge in [0.1, 0.15) is 0 Å². The van der Waals surface area contributed by atoms with Crippen LogP contribution in [0.1, 0.15) is 26.3 Å². The van der Waals surface area contributed by atoms with Gasteiger partial charge in [-0.15, -0.1) is 0 Å². The van der Waals surface area contributed by atoms with Gasteiger partial charge in [0.2, 0.25) is 0 Å². The number of nitrogens with zero attached hydrogens (tertiary/aromatic N) is 2. The number of rotatable bonds is 7. The normalized spacial score (nSPS) is 10.3. The van der Waals surface area contributed by atoms with Crippen molar-refractivity contribution in [3.8, 4) is 0 Å². The maximum atomic E-state index is 4.20. The average Bonchev–Trinajstić information content (AvgIpc) is 2.33. The maximum Gasteiger partial charge on any atom is 0.0445 e. The third-order valence-corrected chi connectivity index (χ3v) is 2.63. The van der Waals surface area contributed by atoms with Gasteiger partial charge in [0, 0.05) is 43.3 Å².